The molecule has 0 fully saturated rings. The maximum Gasteiger partial charge on any atom is 0.242 e. The van der Waals surface area contributed by atoms with Crippen LogP contribution in [0.15, 0.2) is 0 Å². The number of ketones is 1. The summed E-state index contributed by atoms with van der Waals surface area (Å²) < 4.78 is 0. The van der Waals surface area contributed by atoms with E-state index >= 15 is 0 Å². The predicted molar refractivity (Wildman–Crippen MR) is 82.0 cm³/mol. The van der Waals surface area contributed by atoms with Gasteiger partial charge in [-0.1, -0.05) is 0 Å². The molecule has 0 aliphatic heterocycles. The molecular formula is C13H23N3O4S. The van der Waals surface area contributed by atoms with Gasteiger partial charge in [0.25, 0.3) is 0 Å². The molecule has 0 atom stereocenters. The zero-order chi connectivity index (χ0) is 16.6. The maximum atomic E-state index is 11.9. The third-order valence-electron chi connectivity index (χ3n) is 2.75. The average molecular weight is 317 g/mol. The Kier molecular flexibility index (Phi) is 8.68. The minimum Gasteiger partial charge on any atom is -0.337 e. The SMILES string of the molecule is CSCC(=O)N(C)CC(=O)N(C)CC(=O)N(C)CC(C)=O. The van der Waals surface area contributed by atoms with Crippen LogP contribution in [0, 0.1) is 0 Å². The van der Waals surface area contributed by atoms with Gasteiger partial charge >= 0.3 is 0 Å². The summed E-state index contributed by atoms with van der Waals surface area (Å²) in [5, 5.41) is 0. The molecule has 7 nitrogen and oxygen atoms in total. The van der Waals surface area contributed by atoms with Gasteiger partial charge in [0.1, 0.15) is 5.78 Å². The molecule has 0 aliphatic carbocycles. The van der Waals surface area contributed by atoms with Crippen molar-refractivity contribution < 1.29 is 19.2 Å². The first kappa shape index (κ1) is 19.4. The van der Waals surface area contributed by atoms with Crippen molar-refractivity contribution in [3.63, 3.8) is 0 Å². The summed E-state index contributed by atoms with van der Waals surface area (Å²) in [6.45, 7) is 1.23. The second-order valence-corrected chi connectivity index (χ2v) is 5.75. The van der Waals surface area contributed by atoms with Crippen molar-refractivity contribution in [2.75, 3.05) is 52.8 Å². The van der Waals surface area contributed by atoms with Gasteiger partial charge in [-0.25, -0.2) is 0 Å². The van der Waals surface area contributed by atoms with Crippen molar-refractivity contribution >= 4 is 35.3 Å². The van der Waals surface area contributed by atoms with Crippen LogP contribution >= 0.6 is 11.8 Å². The molecule has 0 N–H and O–H groups in total. The fraction of sp³-hybridized carbons (Fsp3) is 0.692. The smallest absolute Gasteiger partial charge is 0.242 e. The van der Waals surface area contributed by atoms with Gasteiger partial charge in [0.05, 0.1) is 25.4 Å². The molecule has 0 aromatic heterocycles. The molecule has 0 aliphatic rings. The van der Waals surface area contributed by atoms with E-state index in [4.69, 9.17) is 0 Å². The number of rotatable bonds is 8. The Hall–Kier alpha value is -1.57. The second kappa shape index (κ2) is 9.38. The van der Waals surface area contributed by atoms with E-state index in [0.29, 0.717) is 5.75 Å². The van der Waals surface area contributed by atoms with Crippen molar-refractivity contribution in [2.24, 2.45) is 0 Å². The van der Waals surface area contributed by atoms with Crippen molar-refractivity contribution in [1.82, 2.24) is 14.7 Å². The normalized spacial score (nSPS) is 9.95. The summed E-state index contributed by atoms with van der Waals surface area (Å²) in [6.07, 6.45) is 1.81. The molecular weight excluding hydrogens is 294 g/mol. The Bertz CT molecular complexity index is 414. The zero-order valence-electron chi connectivity index (χ0n) is 13.2. The number of nitrogens with zero attached hydrogens (tertiary/aromatic N) is 3. The van der Waals surface area contributed by atoms with E-state index in [0.717, 1.165) is 0 Å². The Morgan fingerprint density at radius 2 is 1.14 bits per heavy atom. The van der Waals surface area contributed by atoms with E-state index in [-0.39, 0.29) is 43.1 Å². The molecule has 0 aromatic rings. The molecule has 0 rings (SSSR count). The number of hydrogen-bond donors (Lipinski definition) is 0. The van der Waals surface area contributed by atoms with E-state index in [1.807, 2.05) is 6.26 Å². The number of likely N-dealkylation sites (N-methyl/N-ethyl adjacent to an activating group) is 3. The van der Waals surface area contributed by atoms with Crippen molar-refractivity contribution in [2.45, 2.75) is 6.92 Å². The molecule has 0 spiro atoms. The van der Waals surface area contributed by atoms with Crippen molar-refractivity contribution in [3.05, 3.63) is 0 Å². The molecule has 0 saturated heterocycles. The molecule has 0 aromatic carbocycles. The highest BCUT2D eigenvalue weighted by Gasteiger charge is 2.19. The number of Topliss-reactive ketones (excluding diaryl/α,β-unsaturated/α-hetero) is 1. The summed E-state index contributed by atoms with van der Waals surface area (Å²) in [4.78, 5) is 50.1. The topological polar surface area (TPSA) is 78.0 Å². The highest BCUT2D eigenvalue weighted by Crippen LogP contribution is 1.98. The minimum absolute atomic E-state index is 0.0208. The highest BCUT2D eigenvalue weighted by atomic mass is 32.2. The lowest BCUT2D eigenvalue weighted by Crippen LogP contribution is -2.45. The third kappa shape index (κ3) is 7.69. The van der Waals surface area contributed by atoms with Gasteiger partial charge in [-0.05, 0) is 13.2 Å². The van der Waals surface area contributed by atoms with E-state index in [1.165, 1.54) is 47.5 Å². The van der Waals surface area contributed by atoms with Crippen LogP contribution in [-0.4, -0.2) is 91.0 Å². The summed E-state index contributed by atoms with van der Waals surface area (Å²) in [7, 11) is 4.55. The summed E-state index contributed by atoms with van der Waals surface area (Å²) in [6, 6.07) is 0. The molecule has 0 saturated carbocycles. The molecule has 0 radical (unpaired) electrons. The highest BCUT2D eigenvalue weighted by molar-refractivity contribution is 7.99. The largest absolute Gasteiger partial charge is 0.337 e. The van der Waals surface area contributed by atoms with Gasteiger partial charge in [0.2, 0.25) is 17.7 Å². The van der Waals surface area contributed by atoms with Crippen LogP contribution in [0.2, 0.25) is 0 Å². The zero-order valence-corrected chi connectivity index (χ0v) is 14.0. The molecule has 3 amide bonds. The van der Waals surface area contributed by atoms with Crippen LogP contribution in [0.1, 0.15) is 6.92 Å². The van der Waals surface area contributed by atoms with Crippen molar-refractivity contribution in [3.8, 4) is 0 Å². The standard InChI is InChI=1S/C13H23N3O4S/c1-10(17)6-14(2)11(18)7-15(3)12(19)8-16(4)13(20)9-21-5/h6-9H2,1-5H3. The number of hydrogen-bond acceptors (Lipinski definition) is 5. The summed E-state index contributed by atoms with van der Waals surface area (Å²) in [5.41, 5.74) is 0. The van der Waals surface area contributed by atoms with E-state index < -0.39 is 0 Å². The molecule has 120 valence electrons. The second-order valence-electron chi connectivity index (χ2n) is 4.88. The first-order valence-electron chi connectivity index (χ1n) is 6.39. The molecule has 0 heterocycles. The fourth-order valence-corrected chi connectivity index (χ4v) is 1.95. The first-order valence-corrected chi connectivity index (χ1v) is 7.78. The van der Waals surface area contributed by atoms with Gasteiger partial charge in [-0.15, -0.1) is 0 Å². The van der Waals surface area contributed by atoms with E-state index in [2.05, 4.69) is 0 Å². The molecule has 21 heavy (non-hydrogen) atoms. The first-order chi connectivity index (χ1) is 9.68. The number of amides is 3. The fourth-order valence-electron chi connectivity index (χ4n) is 1.48. The number of carbonyl (C=O) groups excluding carboxylic acids is 4. The van der Waals surface area contributed by atoms with Gasteiger partial charge in [-0.3, -0.25) is 19.2 Å². The summed E-state index contributed by atoms with van der Waals surface area (Å²) >= 11 is 1.38. The minimum atomic E-state index is -0.323. The number of carbonyl (C=O) groups is 4. The molecule has 0 bridgehead atoms. The Balaban J connectivity index is 4.36. The monoisotopic (exact) mass is 317 g/mol. The maximum absolute atomic E-state index is 11.9. The van der Waals surface area contributed by atoms with Crippen LogP contribution in [0.25, 0.3) is 0 Å². The lowest BCUT2D eigenvalue weighted by atomic mass is 10.3. The average Bonchev–Trinajstić information content (AvgIpc) is 2.37. The van der Waals surface area contributed by atoms with E-state index in [1.54, 1.807) is 7.05 Å². The Morgan fingerprint density at radius 3 is 1.52 bits per heavy atom. The van der Waals surface area contributed by atoms with Gasteiger partial charge in [-0.2, -0.15) is 11.8 Å². The van der Waals surface area contributed by atoms with E-state index in [9.17, 15) is 19.2 Å². The van der Waals surface area contributed by atoms with Gasteiger partial charge < -0.3 is 14.7 Å². The van der Waals surface area contributed by atoms with Crippen molar-refractivity contribution in [1.29, 1.82) is 0 Å². The quantitative estimate of drug-likeness (QED) is 0.592. The Morgan fingerprint density at radius 1 is 0.762 bits per heavy atom. The summed E-state index contributed by atoms with van der Waals surface area (Å²) in [5.74, 6) is -0.587. The van der Waals surface area contributed by atoms with Crippen LogP contribution in [0.4, 0.5) is 0 Å². The third-order valence-corrected chi connectivity index (χ3v) is 3.29. The van der Waals surface area contributed by atoms with Crippen LogP contribution in [0.5, 0.6) is 0 Å². The van der Waals surface area contributed by atoms with Gasteiger partial charge in [0.15, 0.2) is 0 Å². The number of thioether (sulfide) groups is 1. The lowest BCUT2D eigenvalue weighted by Gasteiger charge is -2.23. The van der Waals surface area contributed by atoms with Crippen LogP contribution < -0.4 is 0 Å². The molecule has 8 heteroatoms. The van der Waals surface area contributed by atoms with Crippen LogP contribution in [0.3, 0.4) is 0 Å². The molecule has 0 unspecified atom stereocenters. The van der Waals surface area contributed by atoms with Crippen LogP contribution in [-0.2, 0) is 19.2 Å². The predicted octanol–water partition coefficient (Wildman–Crippen LogP) is -0.686. The lowest BCUT2D eigenvalue weighted by molar-refractivity contribution is -0.142. The van der Waals surface area contributed by atoms with Gasteiger partial charge in [0, 0.05) is 21.1 Å². The Labute approximate surface area is 129 Å².